The number of allylic oxidation sites excluding steroid dienone is 4. The predicted octanol–water partition coefficient (Wildman–Crippen LogP) is 22.0. The third-order valence-electron chi connectivity index (χ3n) is 15.9. The van der Waals surface area contributed by atoms with Crippen LogP contribution in [-0.4, -0.2) is 4.90 Å². The Morgan fingerprint density at radius 3 is 0.787 bits per heavy atom. The summed E-state index contributed by atoms with van der Waals surface area (Å²) in [5.74, 6) is 1.52. The molecule has 0 bridgehead atoms. The van der Waals surface area contributed by atoms with Crippen molar-refractivity contribution in [2.75, 3.05) is 0 Å². The number of hydrogen-bond acceptors (Lipinski definition) is 6. The molecule has 80 heavy (non-hydrogen) atoms. The molecule has 0 heterocycles. The largest absolute Gasteiger partial charge is 0.455 e. The lowest BCUT2D eigenvalue weighted by Gasteiger charge is -2.43. The van der Waals surface area contributed by atoms with Gasteiger partial charge in [-0.1, -0.05) is 233 Å². The van der Waals surface area contributed by atoms with E-state index in [0.29, 0.717) is 23.0 Å². The van der Waals surface area contributed by atoms with E-state index in [1.165, 1.54) is 0 Å². The summed E-state index contributed by atoms with van der Waals surface area (Å²) in [6, 6.07) is 26.9. The fourth-order valence-corrected chi connectivity index (χ4v) is 16.7. The van der Waals surface area contributed by atoms with E-state index in [2.05, 4.69) is 230 Å². The van der Waals surface area contributed by atoms with Crippen molar-refractivity contribution in [3.8, 4) is 23.0 Å². The van der Waals surface area contributed by atoms with Crippen molar-refractivity contribution >= 4 is 20.8 Å². The van der Waals surface area contributed by atoms with Gasteiger partial charge < -0.3 is 18.1 Å². The van der Waals surface area contributed by atoms with Crippen LogP contribution in [0, 0.1) is 27.7 Å². The minimum absolute atomic E-state index is 0.107. The summed E-state index contributed by atoms with van der Waals surface area (Å²) in [6.07, 6.45) is 5.63. The van der Waals surface area contributed by atoms with Gasteiger partial charge in [0.05, 0.1) is 0 Å². The molecule has 436 valence electrons. The van der Waals surface area contributed by atoms with E-state index in [0.717, 1.165) is 77.9 Å². The lowest BCUT2D eigenvalue weighted by atomic mass is 9.78. The van der Waals surface area contributed by atoms with Crippen molar-refractivity contribution in [3.63, 3.8) is 0 Å². The van der Waals surface area contributed by atoms with Crippen LogP contribution in [0.3, 0.4) is 0 Å². The summed E-state index contributed by atoms with van der Waals surface area (Å²) >= 11 is 0. The second kappa shape index (κ2) is 21.5. The van der Waals surface area contributed by atoms with Crippen LogP contribution < -0.4 is 18.1 Å². The Morgan fingerprint density at radius 1 is 0.350 bits per heavy atom. The van der Waals surface area contributed by atoms with E-state index < -0.39 is 41.7 Å². The second-order valence-electron chi connectivity index (χ2n) is 31.5. The van der Waals surface area contributed by atoms with Gasteiger partial charge in [-0.3, -0.25) is 0 Å². The molecule has 0 aromatic heterocycles. The topological polar surface area (TPSA) is 71.1 Å². The molecule has 5 aromatic carbocycles. The van der Waals surface area contributed by atoms with Crippen LogP contribution in [0.1, 0.15) is 245 Å². The van der Waals surface area contributed by atoms with E-state index >= 15 is 9.13 Å². The molecule has 0 atom stereocenters. The molecular weight excluding hydrogens is 1020 g/mol. The number of rotatable bonds is 11. The highest BCUT2D eigenvalue weighted by Crippen LogP contribution is 2.80. The van der Waals surface area contributed by atoms with Gasteiger partial charge in [0.1, 0.15) is 23.0 Å². The molecule has 1 aliphatic carbocycles. The van der Waals surface area contributed by atoms with Gasteiger partial charge in [-0.2, -0.15) is 0 Å². The summed E-state index contributed by atoms with van der Waals surface area (Å²) in [7, 11) is -10.2. The highest BCUT2D eigenvalue weighted by molar-refractivity contribution is 7.75. The highest BCUT2D eigenvalue weighted by Gasteiger charge is 2.69. The van der Waals surface area contributed by atoms with Crippen LogP contribution in [0.5, 0.6) is 23.0 Å². The molecule has 0 unspecified atom stereocenters. The van der Waals surface area contributed by atoms with Gasteiger partial charge in [0.15, 0.2) is 0 Å². The molecule has 0 amide bonds. The smallest absolute Gasteiger partial charge is 0.415 e. The van der Waals surface area contributed by atoms with E-state index in [1.54, 1.807) is 6.08 Å². The van der Waals surface area contributed by atoms with Crippen molar-refractivity contribution in [2.24, 2.45) is 0 Å². The number of aryl methyl sites for hydroxylation is 4. The van der Waals surface area contributed by atoms with E-state index in [4.69, 9.17) is 18.1 Å². The van der Waals surface area contributed by atoms with Gasteiger partial charge in [0, 0.05) is 28.7 Å². The van der Waals surface area contributed by atoms with E-state index in [9.17, 15) is 0 Å². The minimum atomic E-state index is -5.08. The first-order chi connectivity index (χ1) is 36.0. The Morgan fingerprint density at radius 2 is 0.588 bits per heavy atom. The zero-order valence-electron chi connectivity index (χ0n) is 54.8. The van der Waals surface area contributed by atoms with Gasteiger partial charge in [-0.05, 0) is 157 Å². The zero-order chi connectivity index (χ0) is 60.7. The summed E-state index contributed by atoms with van der Waals surface area (Å²) in [4.78, 5) is -2.16. The van der Waals surface area contributed by atoms with Crippen LogP contribution in [0.2, 0.25) is 0 Å². The molecule has 6 nitrogen and oxygen atoms in total. The molecule has 0 saturated carbocycles. The second-order valence-corrected chi connectivity index (χ2v) is 36.1. The Balaban J connectivity index is 1.90. The van der Waals surface area contributed by atoms with Gasteiger partial charge in [-0.15, -0.1) is 0 Å². The summed E-state index contributed by atoms with van der Waals surface area (Å²) in [5.41, 5.74) is 10.7. The first kappa shape index (κ1) is 64.4. The van der Waals surface area contributed by atoms with E-state index in [-0.39, 0.29) is 28.1 Å². The van der Waals surface area contributed by atoms with E-state index in [1.807, 2.05) is 54.6 Å². The fraction of sp³-hybridized carbons (Fsp3) is 0.528. The SMILES string of the molecule is Cc1cc(OP(=O)(Oc2cc(C)c(C(C)(C)C)cc2C(C)(C)C)C2(P(=O)(Oc3cc(C)c(C(C)(C)C)cc3C(C)(C)C)Oc3cc(C)c(C(C)(C)C)cc3C(C)(C)C)C=CC(c3ccccc3)=CC2)c(C(C)(C)C)cc1C(C)(C)C. The minimum Gasteiger partial charge on any atom is -0.415 e. The number of hydrogen-bond donors (Lipinski definition) is 0. The van der Waals surface area contributed by atoms with Gasteiger partial charge in [-0.25, -0.2) is 9.13 Å². The average molecular weight is 1130 g/mol. The molecule has 0 aliphatic heterocycles. The molecular formula is C72H102O6P2. The van der Waals surface area contributed by atoms with Crippen molar-refractivity contribution in [1.29, 1.82) is 0 Å². The van der Waals surface area contributed by atoms with Crippen LogP contribution in [0.15, 0.2) is 97.1 Å². The fourth-order valence-electron chi connectivity index (χ4n) is 11.5. The standard InChI is InChI=1S/C72H102O6P2/c1-46-38-60(56(68(17,18)19)42-52(46)64(5,6)7)75-79(73,76-61-39-47(2)53(65(8,9)10)43-57(61)69(20,21)22)72(36-34-51(35-37-72)50-32-30-29-31-33-50)80(74,77-62-40-48(3)54(66(11,12)13)44-58(62)70(23,24)25)78-63-41-49(4)55(67(14,15)16)45-59(63)71(26,27)28/h29-36,38-45H,37H2,1-28H3. The van der Waals surface area contributed by atoms with Crippen molar-refractivity contribution in [2.45, 2.75) is 249 Å². The van der Waals surface area contributed by atoms with Crippen LogP contribution in [0.25, 0.3) is 5.57 Å². The van der Waals surface area contributed by atoms with Crippen LogP contribution in [-0.2, 0) is 52.5 Å². The average Bonchev–Trinajstić information content (AvgIpc) is 3.26. The Labute approximate surface area is 486 Å². The maximum absolute atomic E-state index is 18.5. The van der Waals surface area contributed by atoms with Crippen molar-refractivity contribution < 1.29 is 27.2 Å². The molecule has 0 N–H and O–H groups in total. The summed E-state index contributed by atoms with van der Waals surface area (Å²) < 4.78 is 67.4. The molecule has 0 saturated heterocycles. The van der Waals surface area contributed by atoms with Crippen LogP contribution >= 0.6 is 15.2 Å². The zero-order valence-corrected chi connectivity index (χ0v) is 56.6. The third kappa shape index (κ3) is 13.3. The van der Waals surface area contributed by atoms with Crippen LogP contribution in [0.4, 0.5) is 0 Å². The normalized spacial score (nSPS) is 15.2. The highest BCUT2D eigenvalue weighted by atomic mass is 31.2. The Bertz CT molecular complexity index is 2930. The first-order valence-corrected chi connectivity index (χ1v) is 32.2. The monoisotopic (exact) mass is 1120 g/mol. The van der Waals surface area contributed by atoms with Gasteiger partial charge in [0.2, 0.25) is 4.90 Å². The van der Waals surface area contributed by atoms with Crippen molar-refractivity contribution in [3.05, 3.63) is 169 Å². The Kier molecular flexibility index (Phi) is 17.3. The molecule has 0 fully saturated rings. The molecule has 0 spiro atoms. The molecule has 5 aromatic rings. The number of benzene rings is 5. The molecule has 6 rings (SSSR count). The predicted molar refractivity (Wildman–Crippen MR) is 343 cm³/mol. The molecule has 1 aliphatic rings. The first-order valence-electron chi connectivity index (χ1n) is 29.1. The maximum atomic E-state index is 18.5. The quantitative estimate of drug-likeness (QED) is 0.123. The molecule has 0 radical (unpaired) electrons. The lowest BCUT2D eigenvalue weighted by molar-refractivity contribution is 0.329. The molecule has 8 heteroatoms. The maximum Gasteiger partial charge on any atom is 0.455 e. The van der Waals surface area contributed by atoms with Crippen molar-refractivity contribution in [1.82, 2.24) is 0 Å². The van der Waals surface area contributed by atoms with Gasteiger partial charge >= 0.3 is 15.2 Å². The summed E-state index contributed by atoms with van der Waals surface area (Å²) in [6.45, 7) is 60.6. The third-order valence-corrected chi connectivity index (χ3v) is 21.6. The van der Waals surface area contributed by atoms with Gasteiger partial charge in [0.25, 0.3) is 0 Å². The Hall–Kier alpha value is -4.76. The lowest BCUT2D eigenvalue weighted by Crippen LogP contribution is -2.37. The summed E-state index contributed by atoms with van der Waals surface area (Å²) in [5, 5.41) is 0.